The van der Waals surface area contributed by atoms with E-state index in [2.05, 4.69) is 10.5 Å². The fourth-order valence-corrected chi connectivity index (χ4v) is 2.19. The van der Waals surface area contributed by atoms with Crippen molar-refractivity contribution in [2.75, 3.05) is 0 Å². The Bertz CT molecular complexity index is 950. The second-order valence-corrected chi connectivity index (χ2v) is 5.46. The molecule has 0 aliphatic carbocycles. The minimum Gasteiger partial charge on any atom is -0.489 e. The molecule has 0 atom stereocenters. The second-order valence-electron chi connectivity index (χ2n) is 5.46. The molecule has 0 bridgehead atoms. The highest BCUT2D eigenvalue weighted by atomic mass is 16.6. The minimum absolute atomic E-state index is 0.0357. The highest BCUT2D eigenvalue weighted by Crippen LogP contribution is 2.16. The summed E-state index contributed by atoms with van der Waals surface area (Å²) in [4.78, 5) is 21.9. The molecule has 1 aromatic heterocycles. The van der Waals surface area contributed by atoms with E-state index in [1.54, 1.807) is 42.5 Å². The van der Waals surface area contributed by atoms with E-state index in [0.717, 1.165) is 11.1 Å². The molecule has 136 valence electrons. The summed E-state index contributed by atoms with van der Waals surface area (Å²) < 4.78 is 10.7. The van der Waals surface area contributed by atoms with Gasteiger partial charge in [0.25, 0.3) is 5.69 Å². The first-order chi connectivity index (χ1) is 13.1. The van der Waals surface area contributed by atoms with Gasteiger partial charge in [-0.15, -0.1) is 0 Å². The van der Waals surface area contributed by atoms with Crippen molar-refractivity contribution in [3.8, 4) is 5.75 Å². The predicted molar refractivity (Wildman–Crippen MR) is 97.6 cm³/mol. The summed E-state index contributed by atoms with van der Waals surface area (Å²) in [5.74, 6) is 0.337. The molecule has 8 nitrogen and oxygen atoms in total. The Morgan fingerprint density at radius 1 is 1.19 bits per heavy atom. The van der Waals surface area contributed by atoms with Crippen LogP contribution in [0.5, 0.6) is 5.75 Å². The van der Waals surface area contributed by atoms with Crippen molar-refractivity contribution in [2.45, 2.75) is 6.61 Å². The number of nitro benzene ring substituents is 1. The number of nitrogens with zero attached hydrogens (tertiary/aromatic N) is 2. The Balaban J connectivity index is 1.56. The van der Waals surface area contributed by atoms with Crippen molar-refractivity contribution in [1.82, 2.24) is 5.43 Å². The maximum absolute atomic E-state index is 11.7. The summed E-state index contributed by atoms with van der Waals surface area (Å²) in [6.07, 6.45) is 2.89. The van der Waals surface area contributed by atoms with Crippen molar-refractivity contribution < 1.29 is 18.9 Å². The van der Waals surface area contributed by atoms with Gasteiger partial charge in [0.05, 0.1) is 17.4 Å². The molecule has 1 N–H and O–H groups in total. The lowest BCUT2D eigenvalue weighted by Gasteiger charge is -2.07. The quantitative estimate of drug-likeness (QED) is 0.391. The Morgan fingerprint density at radius 3 is 2.70 bits per heavy atom. The van der Waals surface area contributed by atoms with E-state index in [1.165, 1.54) is 30.7 Å². The number of amides is 1. The van der Waals surface area contributed by atoms with Crippen LogP contribution in [0, 0.1) is 10.1 Å². The summed E-state index contributed by atoms with van der Waals surface area (Å²) in [5, 5.41) is 14.5. The summed E-state index contributed by atoms with van der Waals surface area (Å²) in [7, 11) is 0. The summed E-state index contributed by atoms with van der Waals surface area (Å²) in [6.45, 7) is 0.272. The lowest BCUT2D eigenvalue weighted by atomic mass is 10.2. The first kappa shape index (κ1) is 17.9. The van der Waals surface area contributed by atoms with Gasteiger partial charge >= 0.3 is 5.91 Å². The Labute approximate surface area is 154 Å². The third-order valence-corrected chi connectivity index (χ3v) is 3.54. The molecule has 0 radical (unpaired) electrons. The molecule has 0 unspecified atom stereocenters. The second kappa shape index (κ2) is 8.43. The number of hydrazone groups is 1. The van der Waals surface area contributed by atoms with Crippen molar-refractivity contribution in [3.63, 3.8) is 0 Å². The van der Waals surface area contributed by atoms with E-state index in [1.807, 2.05) is 0 Å². The molecule has 3 aromatic rings. The van der Waals surface area contributed by atoms with Gasteiger partial charge in [-0.3, -0.25) is 14.9 Å². The minimum atomic E-state index is -0.446. The largest absolute Gasteiger partial charge is 0.489 e. The van der Waals surface area contributed by atoms with Crippen LogP contribution in [0.25, 0.3) is 0 Å². The fraction of sp³-hybridized carbons (Fsp3) is 0.0526. The smallest absolute Gasteiger partial charge is 0.307 e. The maximum Gasteiger partial charge on any atom is 0.307 e. The molecule has 0 spiro atoms. The predicted octanol–water partition coefficient (Wildman–Crippen LogP) is 3.53. The van der Waals surface area contributed by atoms with E-state index >= 15 is 0 Å². The van der Waals surface area contributed by atoms with Gasteiger partial charge in [0.15, 0.2) is 5.76 Å². The van der Waals surface area contributed by atoms with E-state index in [-0.39, 0.29) is 18.1 Å². The molecule has 0 saturated heterocycles. The number of nitrogens with one attached hydrogen (secondary N) is 1. The lowest BCUT2D eigenvalue weighted by Crippen LogP contribution is -2.16. The Kier molecular flexibility index (Phi) is 5.58. The molecular weight excluding hydrogens is 350 g/mol. The van der Waals surface area contributed by atoms with Gasteiger partial charge in [0.2, 0.25) is 0 Å². The van der Waals surface area contributed by atoms with Crippen LogP contribution in [0.4, 0.5) is 5.69 Å². The third-order valence-electron chi connectivity index (χ3n) is 3.54. The molecule has 27 heavy (non-hydrogen) atoms. The Morgan fingerprint density at radius 2 is 2.00 bits per heavy atom. The van der Waals surface area contributed by atoms with Crippen LogP contribution in [0.1, 0.15) is 21.7 Å². The molecule has 0 aliphatic rings. The number of hydrogen-bond acceptors (Lipinski definition) is 6. The van der Waals surface area contributed by atoms with Gasteiger partial charge in [-0.2, -0.15) is 5.10 Å². The van der Waals surface area contributed by atoms with Gasteiger partial charge in [-0.1, -0.05) is 12.1 Å². The number of nitro groups is 1. The monoisotopic (exact) mass is 365 g/mol. The molecular formula is C19H15N3O5. The van der Waals surface area contributed by atoms with Crippen LogP contribution in [-0.2, 0) is 6.61 Å². The highest BCUT2D eigenvalue weighted by molar-refractivity contribution is 5.92. The van der Waals surface area contributed by atoms with E-state index in [9.17, 15) is 14.9 Å². The molecule has 1 heterocycles. The SMILES string of the molecule is O=C(N/N=C\c1cccc(OCc2ccc([N+](=O)[O-])cc2)c1)c1ccco1. The zero-order valence-electron chi connectivity index (χ0n) is 14.1. The average Bonchev–Trinajstić information content (AvgIpc) is 3.22. The molecule has 3 rings (SSSR count). The zero-order chi connectivity index (χ0) is 19.1. The number of non-ortho nitro benzene ring substituents is 1. The topological polar surface area (TPSA) is 107 Å². The van der Waals surface area contributed by atoms with Crippen LogP contribution < -0.4 is 10.2 Å². The molecule has 0 aliphatic heterocycles. The summed E-state index contributed by atoms with van der Waals surface area (Å²) in [5.41, 5.74) is 3.94. The number of ether oxygens (including phenoxy) is 1. The number of carbonyl (C=O) groups excluding carboxylic acids is 1. The first-order valence-electron chi connectivity index (χ1n) is 7.95. The number of furan rings is 1. The summed E-state index contributed by atoms with van der Waals surface area (Å²) >= 11 is 0. The number of carbonyl (C=O) groups is 1. The standard InChI is InChI=1S/C19H15N3O5/c23-19(18-5-2-10-26-18)21-20-12-15-3-1-4-17(11-15)27-13-14-6-8-16(9-7-14)22(24)25/h1-12H,13H2,(H,21,23)/b20-12-. The highest BCUT2D eigenvalue weighted by Gasteiger charge is 2.06. The first-order valence-corrected chi connectivity index (χ1v) is 7.95. The van der Waals surface area contributed by atoms with E-state index in [0.29, 0.717) is 5.75 Å². The molecule has 2 aromatic carbocycles. The van der Waals surface area contributed by atoms with Gasteiger partial charge in [-0.05, 0) is 47.5 Å². The van der Waals surface area contributed by atoms with Crippen molar-refractivity contribution in [3.05, 3.63) is 93.9 Å². The van der Waals surface area contributed by atoms with Gasteiger partial charge in [0.1, 0.15) is 12.4 Å². The van der Waals surface area contributed by atoms with E-state index < -0.39 is 10.8 Å². The normalized spacial score (nSPS) is 10.7. The van der Waals surface area contributed by atoms with Crippen LogP contribution in [0.2, 0.25) is 0 Å². The fourth-order valence-electron chi connectivity index (χ4n) is 2.19. The van der Waals surface area contributed by atoms with Gasteiger partial charge < -0.3 is 9.15 Å². The van der Waals surface area contributed by atoms with Gasteiger partial charge in [0, 0.05) is 12.1 Å². The van der Waals surface area contributed by atoms with Crippen molar-refractivity contribution >= 4 is 17.8 Å². The number of hydrogen-bond donors (Lipinski definition) is 1. The number of rotatable bonds is 7. The maximum atomic E-state index is 11.7. The molecule has 1 amide bonds. The average molecular weight is 365 g/mol. The Hall–Kier alpha value is -3.94. The third kappa shape index (κ3) is 5.02. The lowest BCUT2D eigenvalue weighted by molar-refractivity contribution is -0.384. The molecule has 8 heteroatoms. The summed E-state index contributed by atoms with van der Waals surface area (Å²) in [6, 6.07) is 16.5. The van der Waals surface area contributed by atoms with Crippen LogP contribution in [0.15, 0.2) is 76.4 Å². The van der Waals surface area contributed by atoms with Crippen LogP contribution in [0.3, 0.4) is 0 Å². The van der Waals surface area contributed by atoms with Crippen molar-refractivity contribution in [1.29, 1.82) is 0 Å². The van der Waals surface area contributed by atoms with Crippen LogP contribution in [-0.4, -0.2) is 17.0 Å². The van der Waals surface area contributed by atoms with Crippen LogP contribution >= 0.6 is 0 Å². The molecule has 0 fully saturated rings. The van der Waals surface area contributed by atoms with Gasteiger partial charge in [-0.25, -0.2) is 5.43 Å². The zero-order valence-corrected chi connectivity index (χ0v) is 14.1. The number of benzene rings is 2. The molecule has 0 saturated carbocycles. The van der Waals surface area contributed by atoms with E-state index in [4.69, 9.17) is 9.15 Å². The van der Waals surface area contributed by atoms with Crippen molar-refractivity contribution in [2.24, 2.45) is 5.10 Å².